The van der Waals surface area contributed by atoms with Gasteiger partial charge in [0.15, 0.2) is 0 Å². The van der Waals surface area contributed by atoms with Crippen LogP contribution in [0.15, 0.2) is 12.1 Å². The Morgan fingerprint density at radius 3 is 2.56 bits per heavy atom. The highest BCUT2D eigenvalue weighted by Crippen LogP contribution is 2.28. The second-order valence-corrected chi connectivity index (χ2v) is 3.90. The number of nitriles is 1. The molecule has 0 unspecified atom stereocenters. The average molecular weight is 223 g/mol. The van der Waals surface area contributed by atoms with Gasteiger partial charge in [0.2, 0.25) is 0 Å². The van der Waals surface area contributed by atoms with Crippen molar-refractivity contribution in [3.05, 3.63) is 29.3 Å². The van der Waals surface area contributed by atoms with Gasteiger partial charge >= 0.3 is 0 Å². The fourth-order valence-electron chi connectivity index (χ4n) is 1.94. The molecule has 0 amide bonds. The van der Waals surface area contributed by atoms with E-state index in [1.165, 1.54) is 0 Å². The second-order valence-electron chi connectivity index (χ2n) is 3.90. The zero-order chi connectivity index (χ0) is 11.5. The Morgan fingerprint density at radius 2 is 1.94 bits per heavy atom. The van der Waals surface area contributed by atoms with Crippen LogP contribution >= 0.6 is 0 Å². The summed E-state index contributed by atoms with van der Waals surface area (Å²) in [5.74, 6) is -1.56. The molecule has 0 radical (unpaired) electrons. The number of nitrogens with zero attached hydrogens (tertiary/aromatic N) is 1. The van der Waals surface area contributed by atoms with Gasteiger partial charge in [0.25, 0.3) is 0 Å². The lowest BCUT2D eigenvalue weighted by atomic mass is 10.2. The van der Waals surface area contributed by atoms with Gasteiger partial charge in [0, 0.05) is 12.1 Å². The summed E-state index contributed by atoms with van der Waals surface area (Å²) in [4.78, 5) is 0. The van der Waals surface area contributed by atoms with E-state index in [9.17, 15) is 8.78 Å². The Kier molecular flexibility index (Phi) is 3.04. The smallest absolute Gasteiger partial charge is 0.147 e. The van der Waals surface area contributed by atoms with E-state index in [1.54, 1.807) is 6.07 Å². The number of benzene rings is 1. The van der Waals surface area contributed by atoms with Gasteiger partial charge in [-0.2, -0.15) is 5.26 Å². The molecule has 1 fully saturated rings. The van der Waals surface area contributed by atoms with Crippen LogP contribution in [0.25, 0.3) is 0 Å². The van der Waals surface area contributed by atoms with Crippen molar-refractivity contribution >= 4 is 0 Å². The summed E-state index contributed by atoms with van der Waals surface area (Å²) in [5, 5.41) is 8.77. The first-order valence-electron chi connectivity index (χ1n) is 5.26. The Morgan fingerprint density at radius 1 is 1.25 bits per heavy atom. The van der Waals surface area contributed by atoms with Crippen LogP contribution in [-0.2, 0) is 0 Å². The molecule has 1 aliphatic rings. The molecule has 2 rings (SSSR count). The van der Waals surface area contributed by atoms with Crippen molar-refractivity contribution in [3.8, 4) is 11.8 Å². The minimum Gasteiger partial charge on any atom is -0.489 e. The summed E-state index contributed by atoms with van der Waals surface area (Å²) in [6, 6.07) is 3.46. The Labute approximate surface area is 92.5 Å². The van der Waals surface area contributed by atoms with Crippen LogP contribution in [0.3, 0.4) is 0 Å². The molecular formula is C12H11F2NO. The van der Waals surface area contributed by atoms with Crippen LogP contribution in [-0.4, -0.2) is 6.10 Å². The molecule has 2 nitrogen and oxygen atoms in total. The summed E-state index contributed by atoms with van der Waals surface area (Å²) in [6.07, 6.45) is 3.86. The first kappa shape index (κ1) is 10.9. The SMILES string of the molecule is N#Cc1c(F)cc(F)cc1OC1CCCC1. The number of hydrogen-bond donors (Lipinski definition) is 0. The van der Waals surface area contributed by atoms with E-state index in [0.29, 0.717) is 6.07 Å². The second kappa shape index (κ2) is 4.48. The lowest BCUT2D eigenvalue weighted by Crippen LogP contribution is -2.12. The Balaban J connectivity index is 2.28. The van der Waals surface area contributed by atoms with Gasteiger partial charge in [0.1, 0.15) is 29.0 Å². The minimum absolute atomic E-state index is 0.0201. The molecule has 0 aromatic heterocycles. The Bertz CT molecular complexity index is 433. The maximum atomic E-state index is 13.2. The molecule has 84 valence electrons. The third-order valence-corrected chi connectivity index (χ3v) is 2.73. The molecule has 1 saturated carbocycles. The first-order valence-corrected chi connectivity index (χ1v) is 5.26. The van der Waals surface area contributed by atoms with Gasteiger partial charge in [-0.1, -0.05) is 0 Å². The van der Waals surface area contributed by atoms with Crippen LogP contribution < -0.4 is 4.74 Å². The van der Waals surface area contributed by atoms with Crippen molar-refractivity contribution in [1.82, 2.24) is 0 Å². The summed E-state index contributed by atoms with van der Waals surface area (Å²) < 4.78 is 31.7. The summed E-state index contributed by atoms with van der Waals surface area (Å²) >= 11 is 0. The Hall–Kier alpha value is -1.63. The molecule has 0 atom stereocenters. The highest BCUT2D eigenvalue weighted by atomic mass is 19.1. The van der Waals surface area contributed by atoms with Crippen molar-refractivity contribution in [2.75, 3.05) is 0 Å². The molecule has 1 aromatic rings. The summed E-state index contributed by atoms with van der Waals surface area (Å²) in [6.45, 7) is 0. The molecule has 16 heavy (non-hydrogen) atoms. The van der Waals surface area contributed by atoms with Gasteiger partial charge in [0.05, 0.1) is 6.10 Å². The molecule has 1 aliphatic carbocycles. The third kappa shape index (κ3) is 2.13. The number of hydrogen-bond acceptors (Lipinski definition) is 2. The minimum atomic E-state index is -0.865. The molecule has 0 bridgehead atoms. The van der Waals surface area contributed by atoms with Crippen LogP contribution in [0.4, 0.5) is 8.78 Å². The van der Waals surface area contributed by atoms with E-state index in [2.05, 4.69) is 0 Å². The monoisotopic (exact) mass is 223 g/mol. The van der Waals surface area contributed by atoms with Gasteiger partial charge < -0.3 is 4.74 Å². The molecule has 0 saturated heterocycles. The molecule has 0 spiro atoms. The van der Waals surface area contributed by atoms with Gasteiger partial charge in [-0.05, 0) is 25.7 Å². The van der Waals surface area contributed by atoms with E-state index >= 15 is 0 Å². The first-order chi connectivity index (χ1) is 7.70. The van der Waals surface area contributed by atoms with E-state index in [1.807, 2.05) is 0 Å². The van der Waals surface area contributed by atoms with Crippen LogP contribution in [0.1, 0.15) is 31.2 Å². The van der Waals surface area contributed by atoms with Gasteiger partial charge in [-0.3, -0.25) is 0 Å². The fourth-order valence-corrected chi connectivity index (χ4v) is 1.94. The topological polar surface area (TPSA) is 33.0 Å². The third-order valence-electron chi connectivity index (χ3n) is 2.73. The van der Waals surface area contributed by atoms with E-state index < -0.39 is 11.6 Å². The molecule has 1 aromatic carbocycles. The van der Waals surface area contributed by atoms with Crippen LogP contribution in [0.5, 0.6) is 5.75 Å². The van der Waals surface area contributed by atoms with E-state index in [-0.39, 0.29) is 17.4 Å². The largest absolute Gasteiger partial charge is 0.489 e. The molecule has 0 heterocycles. The standard InChI is InChI=1S/C12H11F2NO/c13-8-5-11(14)10(7-15)12(6-8)16-9-3-1-2-4-9/h5-6,9H,1-4H2. The zero-order valence-corrected chi connectivity index (χ0v) is 8.67. The van der Waals surface area contributed by atoms with Crippen LogP contribution in [0.2, 0.25) is 0 Å². The highest BCUT2D eigenvalue weighted by Gasteiger charge is 2.20. The van der Waals surface area contributed by atoms with Crippen molar-refractivity contribution in [2.24, 2.45) is 0 Å². The fraction of sp³-hybridized carbons (Fsp3) is 0.417. The predicted octanol–water partition coefficient (Wildman–Crippen LogP) is 3.16. The van der Waals surface area contributed by atoms with E-state index in [4.69, 9.17) is 10.00 Å². The van der Waals surface area contributed by atoms with Gasteiger partial charge in [-0.15, -0.1) is 0 Å². The lowest BCUT2D eigenvalue weighted by molar-refractivity contribution is 0.207. The maximum Gasteiger partial charge on any atom is 0.147 e. The number of rotatable bonds is 2. The van der Waals surface area contributed by atoms with Gasteiger partial charge in [-0.25, -0.2) is 8.78 Å². The lowest BCUT2D eigenvalue weighted by Gasteiger charge is -2.14. The molecular weight excluding hydrogens is 212 g/mol. The van der Waals surface area contributed by atoms with Crippen LogP contribution in [0, 0.1) is 23.0 Å². The van der Waals surface area contributed by atoms with Crippen molar-refractivity contribution in [2.45, 2.75) is 31.8 Å². The van der Waals surface area contributed by atoms with Crippen molar-refractivity contribution < 1.29 is 13.5 Å². The molecule has 4 heteroatoms. The van der Waals surface area contributed by atoms with Crippen molar-refractivity contribution in [1.29, 1.82) is 5.26 Å². The number of ether oxygens (including phenoxy) is 1. The zero-order valence-electron chi connectivity index (χ0n) is 8.67. The molecule has 0 aliphatic heterocycles. The van der Waals surface area contributed by atoms with Crippen molar-refractivity contribution in [3.63, 3.8) is 0 Å². The predicted molar refractivity (Wildman–Crippen MR) is 54.0 cm³/mol. The number of halogens is 2. The molecule has 0 N–H and O–H groups in total. The van der Waals surface area contributed by atoms with E-state index in [0.717, 1.165) is 31.7 Å². The summed E-state index contributed by atoms with van der Waals surface area (Å²) in [5.41, 5.74) is -0.215. The maximum absolute atomic E-state index is 13.2. The average Bonchev–Trinajstić information content (AvgIpc) is 2.70. The normalized spacial score (nSPS) is 16.1. The highest BCUT2D eigenvalue weighted by molar-refractivity contribution is 5.44. The quantitative estimate of drug-likeness (QED) is 0.771. The summed E-state index contributed by atoms with van der Waals surface area (Å²) in [7, 11) is 0.